The summed E-state index contributed by atoms with van der Waals surface area (Å²) in [6.45, 7) is 1.70. The summed E-state index contributed by atoms with van der Waals surface area (Å²) in [5.41, 5.74) is 5.35. The number of likely N-dealkylation sites (N-methyl/N-ethyl adjacent to an activating group) is 1. The maximum absolute atomic E-state index is 11.2. The second-order valence-electron chi connectivity index (χ2n) is 3.10. The molecular formula is C9H20N2O2. The number of hydrogen-bond donors (Lipinski definition) is 1. The van der Waals surface area contributed by atoms with Crippen molar-refractivity contribution >= 4 is 5.91 Å². The molecule has 0 fully saturated rings. The van der Waals surface area contributed by atoms with E-state index in [4.69, 9.17) is 10.5 Å². The van der Waals surface area contributed by atoms with E-state index >= 15 is 0 Å². The minimum Gasteiger partial charge on any atom is -0.375 e. The molecule has 1 amide bonds. The maximum atomic E-state index is 11.2. The zero-order chi connectivity index (χ0) is 10.1. The van der Waals surface area contributed by atoms with Crippen molar-refractivity contribution in [1.82, 2.24) is 4.90 Å². The third-order valence-corrected chi connectivity index (χ3v) is 1.89. The monoisotopic (exact) mass is 188 g/mol. The van der Waals surface area contributed by atoms with Crippen LogP contribution in [0.15, 0.2) is 0 Å². The highest BCUT2D eigenvalue weighted by Gasteiger charge is 2.06. The zero-order valence-electron chi connectivity index (χ0n) is 8.58. The lowest BCUT2D eigenvalue weighted by atomic mass is 10.2. The van der Waals surface area contributed by atoms with E-state index in [1.165, 1.54) is 7.11 Å². The zero-order valence-corrected chi connectivity index (χ0v) is 8.58. The molecule has 2 N–H and O–H groups in total. The summed E-state index contributed by atoms with van der Waals surface area (Å²) < 4.78 is 4.74. The summed E-state index contributed by atoms with van der Waals surface area (Å²) in [6, 6.07) is 0. The number of carbonyl (C=O) groups is 1. The Bertz CT molecular complexity index is 140. The Kier molecular flexibility index (Phi) is 7.63. The summed E-state index contributed by atoms with van der Waals surface area (Å²) in [5.74, 6) is 0.0373. The normalized spacial score (nSPS) is 10.1. The Morgan fingerprint density at radius 2 is 2.08 bits per heavy atom. The van der Waals surface area contributed by atoms with Gasteiger partial charge < -0.3 is 15.4 Å². The molecule has 0 radical (unpaired) electrons. The molecule has 4 heteroatoms. The van der Waals surface area contributed by atoms with Gasteiger partial charge in [0.05, 0.1) is 0 Å². The topological polar surface area (TPSA) is 55.6 Å². The van der Waals surface area contributed by atoms with Gasteiger partial charge in [-0.3, -0.25) is 4.79 Å². The molecule has 4 nitrogen and oxygen atoms in total. The minimum atomic E-state index is 0.0373. The molecule has 13 heavy (non-hydrogen) atoms. The van der Waals surface area contributed by atoms with Gasteiger partial charge in [-0.25, -0.2) is 0 Å². The number of carbonyl (C=O) groups excluding carboxylic acids is 1. The largest absolute Gasteiger partial charge is 0.375 e. The van der Waals surface area contributed by atoms with E-state index in [0.29, 0.717) is 0 Å². The summed E-state index contributed by atoms with van der Waals surface area (Å²) in [5, 5.41) is 0. The van der Waals surface area contributed by atoms with Gasteiger partial charge in [-0.15, -0.1) is 0 Å². The first kappa shape index (κ1) is 12.4. The highest BCUT2D eigenvalue weighted by Crippen LogP contribution is 1.96. The third-order valence-electron chi connectivity index (χ3n) is 1.89. The SMILES string of the molecule is COCC(=O)N(C)CCCCCN. The second kappa shape index (κ2) is 8.01. The van der Waals surface area contributed by atoms with Crippen molar-refractivity contribution in [3.63, 3.8) is 0 Å². The Hall–Kier alpha value is -0.610. The van der Waals surface area contributed by atoms with Crippen LogP contribution in [0.3, 0.4) is 0 Å². The van der Waals surface area contributed by atoms with Gasteiger partial charge in [0.2, 0.25) is 5.91 Å². The first-order valence-corrected chi connectivity index (χ1v) is 4.65. The van der Waals surface area contributed by atoms with Gasteiger partial charge in [-0.05, 0) is 19.4 Å². The molecular weight excluding hydrogens is 168 g/mol. The fraction of sp³-hybridized carbons (Fsp3) is 0.889. The molecule has 0 aliphatic rings. The summed E-state index contributed by atoms with van der Waals surface area (Å²) in [6.07, 6.45) is 3.14. The van der Waals surface area contributed by atoms with E-state index in [0.717, 1.165) is 32.4 Å². The van der Waals surface area contributed by atoms with Crippen LogP contribution in [0.25, 0.3) is 0 Å². The van der Waals surface area contributed by atoms with Crippen LogP contribution in [0, 0.1) is 0 Å². The first-order chi connectivity index (χ1) is 6.22. The molecule has 0 spiro atoms. The van der Waals surface area contributed by atoms with E-state index < -0.39 is 0 Å². The predicted molar refractivity (Wildman–Crippen MR) is 52.4 cm³/mol. The predicted octanol–water partition coefficient (Wildman–Crippen LogP) is 0.220. The molecule has 0 aromatic rings. The molecule has 0 aliphatic heterocycles. The van der Waals surface area contributed by atoms with E-state index in [1.807, 2.05) is 0 Å². The summed E-state index contributed by atoms with van der Waals surface area (Å²) in [4.78, 5) is 12.9. The molecule has 0 atom stereocenters. The highest BCUT2D eigenvalue weighted by atomic mass is 16.5. The molecule has 0 bridgehead atoms. The Labute approximate surface area is 80.0 Å². The van der Waals surface area contributed by atoms with Crippen molar-refractivity contribution < 1.29 is 9.53 Å². The van der Waals surface area contributed by atoms with Crippen LogP contribution >= 0.6 is 0 Å². The highest BCUT2D eigenvalue weighted by molar-refractivity contribution is 5.77. The summed E-state index contributed by atoms with van der Waals surface area (Å²) in [7, 11) is 3.32. The average molecular weight is 188 g/mol. The molecule has 0 saturated heterocycles. The van der Waals surface area contributed by atoms with Crippen LogP contribution < -0.4 is 5.73 Å². The van der Waals surface area contributed by atoms with Crippen LogP contribution in [-0.2, 0) is 9.53 Å². The van der Waals surface area contributed by atoms with Gasteiger partial charge >= 0.3 is 0 Å². The fourth-order valence-corrected chi connectivity index (χ4v) is 1.03. The van der Waals surface area contributed by atoms with Crippen LogP contribution in [0.5, 0.6) is 0 Å². The van der Waals surface area contributed by atoms with Crippen molar-refractivity contribution in [2.75, 3.05) is 33.9 Å². The molecule has 0 aromatic heterocycles. The van der Waals surface area contributed by atoms with Gasteiger partial charge in [0.25, 0.3) is 0 Å². The molecule has 0 rings (SSSR count). The molecule has 0 aromatic carbocycles. The van der Waals surface area contributed by atoms with E-state index in [9.17, 15) is 4.79 Å². The number of rotatable bonds is 7. The molecule has 0 heterocycles. The van der Waals surface area contributed by atoms with Crippen LogP contribution in [0.4, 0.5) is 0 Å². The van der Waals surface area contributed by atoms with Crippen molar-refractivity contribution in [2.45, 2.75) is 19.3 Å². The Morgan fingerprint density at radius 3 is 2.62 bits per heavy atom. The molecule has 0 unspecified atom stereocenters. The Morgan fingerprint density at radius 1 is 1.38 bits per heavy atom. The van der Waals surface area contributed by atoms with E-state index in [2.05, 4.69) is 0 Å². The maximum Gasteiger partial charge on any atom is 0.248 e. The number of methoxy groups -OCH3 is 1. The average Bonchev–Trinajstić information content (AvgIpc) is 2.12. The summed E-state index contributed by atoms with van der Waals surface area (Å²) >= 11 is 0. The lowest BCUT2D eigenvalue weighted by Crippen LogP contribution is -2.30. The van der Waals surface area contributed by atoms with Crippen molar-refractivity contribution in [3.8, 4) is 0 Å². The third kappa shape index (κ3) is 6.54. The van der Waals surface area contributed by atoms with Crippen molar-refractivity contribution in [2.24, 2.45) is 5.73 Å². The van der Waals surface area contributed by atoms with Gasteiger partial charge in [-0.1, -0.05) is 6.42 Å². The van der Waals surface area contributed by atoms with Crippen LogP contribution in [0.2, 0.25) is 0 Å². The Balaban J connectivity index is 3.38. The van der Waals surface area contributed by atoms with Gasteiger partial charge in [0, 0.05) is 20.7 Å². The lowest BCUT2D eigenvalue weighted by molar-refractivity contribution is -0.133. The number of nitrogens with zero attached hydrogens (tertiary/aromatic N) is 1. The van der Waals surface area contributed by atoms with Crippen molar-refractivity contribution in [1.29, 1.82) is 0 Å². The number of amides is 1. The second-order valence-corrected chi connectivity index (χ2v) is 3.10. The van der Waals surface area contributed by atoms with E-state index in [-0.39, 0.29) is 12.5 Å². The van der Waals surface area contributed by atoms with Crippen molar-refractivity contribution in [3.05, 3.63) is 0 Å². The lowest BCUT2D eigenvalue weighted by Gasteiger charge is -2.16. The standard InChI is InChI=1S/C9H20N2O2/c1-11(9(12)8-13-2)7-5-3-4-6-10/h3-8,10H2,1-2H3. The quantitative estimate of drug-likeness (QED) is 0.581. The van der Waals surface area contributed by atoms with Crippen LogP contribution in [-0.4, -0.2) is 44.7 Å². The number of unbranched alkanes of at least 4 members (excludes halogenated alkanes) is 2. The number of ether oxygens (including phenoxy) is 1. The number of hydrogen-bond acceptors (Lipinski definition) is 3. The van der Waals surface area contributed by atoms with Gasteiger partial charge in [-0.2, -0.15) is 0 Å². The smallest absolute Gasteiger partial charge is 0.248 e. The van der Waals surface area contributed by atoms with E-state index in [1.54, 1.807) is 11.9 Å². The molecule has 0 aliphatic carbocycles. The van der Waals surface area contributed by atoms with Gasteiger partial charge in [0.15, 0.2) is 0 Å². The number of nitrogens with two attached hydrogens (primary N) is 1. The molecule has 0 saturated carbocycles. The molecule has 78 valence electrons. The fourth-order valence-electron chi connectivity index (χ4n) is 1.03. The first-order valence-electron chi connectivity index (χ1n) is 4.65. The van der Waals surface area contributed by atoms with Crippen LogP contribution in [0.1, 0.15) is 19.3 Å². The van der Waals surface area contributed by atoms with Gasteiger partial charge in [0.1, 0.15) is 6.61 Å². The minimum absolute atomic E-state index is 0.0373.